The monoisotopic (exact) mass is 298 g/mol. The standard InChI is InChI=1S/C2H2Cl.ClH.Hg/c1-2-3;;/h1H2;1H;/q;;+1/p-1. The molecule has 0 aromatic carbocycles. The molecular weight excluding hydrogens is 296 g/mol. The van der Waals surface area contributed by atoms with Crippen LogP contribution in [-0.4, -0.2) is 0 Å². The van der Waals surface area contributed by atoms with Gasteiger partial charge in [0.15, 0.2) is 0 Å². The Bertz CT molecular complexity index is 42.9. The predicted octanol–water partition coefficient (Wildman–Crippen LogP) is 1.93. The van der Waals surface area contributed by atoms with Gasteiger partial charge in [0.1, 0.15) is 0 Å². The van der Waals surface area contributed by atoms with Gasteiger partial charge in [-0.2, -0.15) is 0 Å². The molecule has 0 unspecified atom stereocenters. The van der Waals surface area contributed by atoms with E-state index in [0.29, 0.717) is 2.54 Å². The van der Waals surface area contributed by atoms with Crippen molar-refractivity contribution >= 4 is 19.9 Å². The zero-order valence-electron chi connectivity index (χ0n) is 2.67. The van der Waals surface area contributed by atoms with Gasteiger partial charge in [-0.1, -0.05) is 0 Å². The minimum atomic E-state index is -1.18. The van der Waals surface area contributed by atoms with E-state index in [1.54, 1.807) is 0 Å². The van der Waals surface area contributed by atoms with E-state index in [9.17, 15) is 0 Å². The van der Waals surface area contributed by atoms with Gasteiger partial charge in [-0.05, 0) is 0 Å². The van der Waals surface area contributed by atoms with Gasteiger partial charge in [-0.15, -0.1) is 0 Å². The third kappa shape index (κ3) is 5.26. The Kier molecular flexibility index (Phi) is 4.31. The number of halogens is 2. The Hall–Kier alpha value is 1.26. The number of hydrogen-bond acceptors (Lipinski definition) is 0. The van der Waals surface area contributed by atoms with E-state index >= 15 is 0 Å². The molecule has 0 aromatic heterocycles. The van der Waals surface area contributed by atoms with Crippen molar-refractivity contribution in [1.82, 2.24) is 0 Å². The molecule has 0 radical (unpaired) electrons. The molecule has 0 spiro atoms. The van der Waals surface area contributed by atoms with Crippen molar-refractivity contribution in [1.29, 1.82) is 0 Å². The van der Waals surface area contributed by atoms with Crippen LogP contribution in [0.4, 0.5) is 0 Å². The fourth-order valence-electron chi connectivity index (χ4n) is 0. The predicted molar refractivity (Wildman–Crippen MR) is 20.8 cm³/mol. The normalized spacial score (nSPS) is 6.00. The maximum absolute atomic E-state index is 5.33. The van der Waals surface area contributed by atoms with Gasteiger partial charge in [0.25, 0.3) is 0 Å². The summed E-state index contributed by atoms with van der Waals surface area (Å²) < 4.78 is 0.715. The van der Waals surface area contributed by atoms with Gasteiger partial charge >= 0.3 is 52.3 Å². The molecule has 3 heteroatoms. The summed E-state index contributed by atoms with van der Waals surface area (Å²) in [4.78, 5) is 0. The second kappa shape index (κ2) is 3.45. The fourth-order valence-corrected chi connectivity index (χ4v) is 0. The van der Waals surface area contributed by atoms with Crippen LogP contribution in [0.25, 0.3) is 0 Å². The van der Waals surface area contributed by atoms with E-state index in [4.69, 9.17) is 19.9 Å². The van der Waals surface area contributed by atoms with E-state index in [0.717, 1.165) is 0 Å². The molecule has 0 aromatic rings. The zero-order valence-corrected chi connectivity index (χ0v) is 9.68. The van der Waals surface area contributed by atoms with Crippen molar-refractivity contribution < 1.29 is 23.3 Å². The van der Waals surface area contributed by atoms with Crippen LogP contribution in [0.1, 0.15) is 0 Å². The molecule has 26 valence electrons. The van der Waals surface area contributed by atoms with E-state index in [1.807, 2.05) is 0 Å². The van der Waals surface area contributed by atoms with Gasteiger partial charge in [0.05, 0.1) is 0 Å². The number of hydrogen-bond donors (Lipinski definition) is 0. The summed E-state index contributed by atoms with van der Waals surface area (Å²) >= 11 is 4.05. The molecule has 5 heavy (non-hydrogen) atoms. The molecule has 0 saturated carbocycles. The van der Waals surface area contributed by atoms with Gasteiger partial charge in [-0.25, -0.2) is 0 Å². The van der Waals surface area contributed by atoms with Crippen LogP contribution in [0.5, 0.6) is 0 Å². The molecule has 0 saturated heterocycles. The summed E-state index contributed by atoms with van der Waals surface area (Å²) in [6.07, 6.45) is 0. The quantitative estimate of drug-likeness (QED) is 0.649. The van der Waals surface area contributed by atoms with Crippen molar-refractivity contribution in [2.45, 2.75) is 0 Å². The molecule has 0 amide bonds. The first kappa shape index (κ1) is 6.26. The molecule has 0 fully saturated rings. The molecule has 0 heterocycles. The molecule has 0 rings (SSSR count). The summed E-state index contributed by atoms with van der Waals surface area (Å²) in [6.45, 7) is 3.41. The van der Waals surface area contributed by atoms with Crippen molar-refractivity contribution in [3.63, 3.8) is 0 Å². The van der Waals surface area contributed by atoms with E-state index < -0.39 is 23.3 Å². The minimum absolute atomic E-state index is 0.715. The van der Waals surface area contributed by atoms with Crippen LogP contribution in [-0.2, 0) is 23.3 Å². The second-order valence-corrected chi connectivity index (χ2v) is 9.63. The number of rotatable bonds is 1. The Labute approximate surface area is 52.0 Å². The molecular formula is C2H2Cl2Hg. The molecule has 0 aliphatic rings. The molecule has 0 N–H and O–H groups in total. The first-order valence-electron chi connectivity index (χ1n) is 1.16. The summed E-state index contributed by atoms with van der Waals surface area (Å²) in [7, 11) is 5.33. The van der Waals surface area contributed by atoms with Crippen LogP contribution >= 0.6 is 19.9 Å². The molecule has 0 bridgehead atoms. The van der Waals surface area contributed by atoms with E-state index in [2.05, 4.69) is 6.58 Å². The molecule has 0 atom stereocenters. The average Bonchev–Trinajstić information content (AvgIpc) is 1.38. The fraction of sp³-hybridized carbons (Fsp3) is 0. The Morgan fingerprint density at radius 1 is 1.80 bits per heavy atom. The summed E-state index contributed by atoms with van der Waals surface area (Å²) in [5, 5.41) is 0. The van der Waals surface area contributed by atoms with Gasteiger partial charge in [-0.3, -0.25) is 0 Å². The molecule has 0 nitrogen and oxygen atoms in total. The first-order chi connectivity index (χ1) is 2.27. The van der Waals surface area contributed by atoms with Crippen LogP contribution in [0, 0.1) is 0 Å². The van der Waals surface area contributed by atoms with E-state index in [-0.39, 0.29) is 0 Å². The summed E-state index contributed by atoms with van der Waals surface area (Å²) in [5.74, 6) is 0. The van der Waals surface area contributed by atoms with Crippen LogP contribution in [0.15, 0.2) is 9.12 Å². The van der Waals surface area contributed by atoms with Crippen molar-refractivity contribution in [2.24, 2.45) is 0 Å². The first-order valence-corrected chi connectivity index (χ1v) is 11.1. The summed E-state index contributed by atoms with van der Waals surface area (Å²) in [5.41, 5.74) is 0. The van der Waals surface area contributed by atoms with Crippen LogP contribution in [0.2, 0.25) is 0 Å². The second-order valence-electron chi connectivity index (χ2n) is 0.651. The zero-order chi connectivity index (χ0) is 4.28. The van der Waals surface area contributed by atoms with Gasteiger partial charge in [0, 0.05) is 0 Å². The third-order valence-corrected chi connectivity index (χ3v) is 6.48. The Morgan fingerprint density at radius 3 is 2.00 bits per heavy atom. The van der Waals surface area contributed by atoms with Gasteiger partial charge < -0.3 is 0 Å². The van der Waals surface area contributed by atoms with Crippen molar-refractivity contribution in [2.75, 3.05) is 0 Å². The van der Waals surface area contributed by atoms with Crippen molar-refractivity contribution in [3.05, 3.63) is 9.12 Å². The molecule has 0 aliphatic heterocycles. The average molecular weight is 298 g/mol. The van der Waals surface area contributed by atoms with Crippen molar-refractivity contribution in [3.8, 4) is 0 Å². The van der Waals surface area contributed by atoms with Crippen LogP contribution in [0.3, 0.4) is 0 Å². The third-order valence-electron chi connectivity index (χ3n) is 0.145. The Balaban J connectivity index is 2.85. The van der Waals surface area contributed by atoms with E-state index in [1.165, 1.54) is 0 Å². The SMILES string of the molecule is C=[C](Cl)[Hg][Cl]. The summed E-state index contributed by atoms with van der Waals surface area (Å²) in [6, 6.07) is 0. The van der Waals surface area contributed by atoms with Crippen LogP contribution < -0.4 is 0 Å². The Morgan fingerprint density at radius 2 is 2.00 bits per heavy atom. The topological polar surface area (TPSA) is 0 Å². The molecule has 0 aliphatic carbocycles. The maximum atomic E-state index is 5.33. The van der Waals surface area contributed by atoms with Gasteiger partial charge in [0.2, 0.25) is 0 Å².